The summed E-state index contributed by atoms with van der Waals surface area (Å²) >= 11 is 1.38. The van der Waals surface area contributed by atoms with Gasteiger partial charge in [0.25, 0.3) is 0 Å². The first-order valence-electron chi connectivity index (χ1n) is 10.8. The van der Waals surface area contributed by atoms with E-state index in [2.05, 4.69) is 62.3 Å². The van der Waals surface area contributed by atoms with Crippen molar-refractivity contribution in [2.75, 3.05) is 5.32 Å². The molecule has 0 radical (unpaired) electrons. The van der Waals surface area contributed by atoms with Gasteiger partial charge in [-0.1, -0.05) is 30.0 Å². The van der Waals surface area contributed by atoms with Crippen LogP contribution in [0.1, 0.15) is 13.8 Å². The lowest BCUT2D eigenvalue weighted by atomic mass is 10.1. The second kappa shape index (κ2) is 8.71. The molecule has 3 heterocycles. The molecule has 33 heavy (non-hydrogen) atoms. The number of para-hydroxylation sites is 1. The number of aryl methyl sites for hydroxylation is 1. The summed E-state index contributed by atoms with van der Waals surface area (Å²) in [6, 6.07) is 18.2. The topological polar surface area (TPSA) is 77.6 Å². The highest BCUT2D eigenvalue weighted by atomic mass is 32.2. The number of rotatable bonds is 6. The molecule has 0 bridgehead atoms. The van der Waals surface area contributed by atoms with E-state index in [1.807, 2.05) is 42.8 Å². The highest BCUT2D eigenvalue weighted by Crippen LogP contribution is 2.31. The minimum atomic E-state index is -0.342. The van der Waals surface area contributed by atoms with Crippen molar-refractivity contribution in [2.45, 2.75) is 30.8 Å². The molecule has 1 N–H and O–H groups in total. The van der Waals surface area contributed by atoms with Crippen LogP contribution in [-0.4, -0.2) is 35.5 Å². The van der Waals surface area contributed by atoms with Crippen LogP contribution in [0.2, 0.25) is 0 Å². The summed E-state index contributed by atoms with van der Waals surface area (Å²) in [5.74, 6) is 0.664. The minimum Gasteiger partial charge on any atom is -0.341 e. The molecule has 7 nitrogen and oxygen atoms in total. The van der Waals surface area contributed by atoms with Crippen LogP contribution in [0.3, 0.4) is 0 Å². The summed E-state index contributed by atoms with van der Waals surface area (Å²) in [5.41, 5.74) is 4.09. The molecule has 166 valence electrons. The number of amides is 1. The van der Waals surface area contributed by atoms with Crippen LogP contribution >= 0.6 is 11.8 Å². The number of fused-ring (bicyclic) bond motifs is 3. The monoisotopic (exact) mass is 456 g/mol. The molecule has 0 saturated heterocycles. The Kier molecular flexibility index (Phi) is 5.60. The van der Waals surface area contributed by atoms with E-state index < -0.39 is 0 Å². The van der Waals surface area contributed by atoms with Gasteiger partial charge in [0.2, 0.25) is 5.91 Å². The van der Waals surface area contributed by atoms with Gasteiger partial charge in [0.1, 0.15) is 0 Å². The van der Waals surface area contributed by atoms with E-state index in [0.717, 1.165) is 29.0 Å². The van der Waals surface area contributed by atoms with E-state index in [0.29, 0.717) is 5.16 Å². The fourth-order valence-electron chi connectivity index (χ4n) is 4.10. The third kappa shape index (κ3) is 3.87. The van der Waals surface area contributed by atoms with E-state index >= 15 is 0 Å². The number of carbonyl (C=O) groups is 1. The van der Waals surface area contributed by atoms with Gasteiger partial charge in [-0.25, -0.2) is 0 Å². The quantitative estimate of drug-likeness (QED) is 0.359. The van der Waals surface area contributed by atoms with Crippen molar-refractivity contribution in [1.82, 2.24) is 24.3 Å². The van der Waals surface area contributed by atoms with E-state index in [1.54, 1.807) is 12.4 Å². The Bertz CT molecular complexity index is 1460. The number of thioether (sulfide) groups is 1. The second-order valence-corrected chi connectivity index (χ2v) is 9.15. The molecular weight excluding hydrogens is 432 g/mol. The molecule has 0 aliphatic rings. The third-order valence-electron chi connectivity index (χ3n) is 5.78. The average molecular weight is 457 g/mol. The molecule has 0 saturated carbocycles. The predicted octanol–water partition coefficient (Wildman–Crippen LogP) is 5.12. The van der Waals surface area contributed by atoms with E-state index in [9.17, 15) is 4.79 Å². The highest BCUT2D eigenvalue weighted by molar-refractivity contribution is 8.00. The zero-order valence-electron chi connectivity index (χ0n) is 18.7. The van der Waals surface area contributed by atoms with Crippen LogP contribution in [0.4, 0.5) is 5.69 Å². The molecular formula is C25H24N6OS. The fraction of sp³-hybridized carbons (Fsp3) is 0.200. The first-order valence-corrected chi connectivity index (χ1v) is 11.7. The maximum atomic E-state index is 13.0. The van der Waals surface area contributed by atoms with E-state index in [1.165, 1.54) is 28.2 Å². The molecule has 1 unspecified atom stereocenters. The Morgan fingerprint density at radius 1 is 1.03 bits per heavy atom. The number of anilines is 1. The number of pyridine rings is 1. The van der Waals surface area contributed by atoms with Gasteiger partial charge in [-0.05, 0) is 50.2 Å². The molecule has 0 aliphatic carbocycles. The first-order chi connectivity index (χ1) is 16.1. The summed E-state index contributed by atoms with van der Waals surface area (Å²) < 4.78 is 4.19. The Hall–Kier alpha value is -3.65. The molecule has 3 aromatic heterocycles. The van der Waals surface area contributed by atoms with E-state index in [-0.39, 0.29) is 11.2 Å². The summed E-state index contributed by atoms with van der Waals surface area (Å²) in [7, 11) is 1.90. The number of hydrogen-bond donors (Lipinski definition) is 1. The molecule has 0 spiro atoms. The van der Waals surface area contributed by atoms with Gasteiger partial charge < -0.3 is 14.5 Å². The van der Waals surface area contributed by atoms with Gasteiger partial charge in [0.15, 0.2) is 11.0 Å². The van der Waals surface area contributed by atoms with Gasteiger partial charge in [0, 0.05) is 59.0 Å². The van der Waals surface area contributed by atoms with Gasteiger partial charge in [-0.15, -0.1) is 10.2 Å². The van der Waals surface area contributed by atoms with Gasteiger partial charge in [0.05, 0.1) is 5.25 Å². The number of nitrogens with one attached hydrogen (secondary N) is 1. The zero-order valence-corrected chi connectivity index (χ0v) is 19.5. The van der Waals surface area contributed by atoms with Gasteiger partial charge >= 0.3 is 0 Å². The molecule has 5 rings (SSSR count). The minimum absolute atomic E-state index is 0.0768. The maximum Gasteiger partial charge on any atom is 0.237 e. The van der Waals surface area contributed by atoms with Crippen molar-refractivity contribution in [1.29, 1.82) is 0 Å². The average Bonchev–Trinajstić information content (AvgIpc) is 3.36. The number of benzene rings is 2. The smallest absolute Gasteiger partial charge is 0.237 e. The van der Waals surface area contributed by atoms with Crippen LogP contribution in [0.25, 0.3) is 33.2 Å². The molecule has 5 aromatic rings. The molecule has 0 aliphatic heterocycles. The number of aromatic nitrogens is 5. The first kappa shape index (κ1) is 21.2. The lowest BCUT2D eigenvalue weighted by Gasteiger charge is -2.12. The van der Waals surface area contributed by atoms with Gasteiger partial charge in [-0.3, -0.25) is 9.78 Å². The SMILES string of the molecule is CCn1c2ccccc2c2cc(NC(=O)C(C)Sc3nnc(-c4ccncc4)n3C)ccc21. The van der Waals surface area contributed by atoms with Crippen LogP contribution in [0, 0.1) is 0 Å². The molecule has 2 aromatic carbocycles. The number of hydrogen-bond acceptors (Lipinski definition) is 5. The Morgan fingerprint density at radius 3 is 2.58 bits per heavy atom. The van der Waals surface area contributed by atoms with Crippen molar-refractivity contribution in [3.8, 4) is 11.4 Å². The predicted molar refractivity (Wildman–Crippen MR) is 133 cm³/mol. The van der Waals surface area contributed by atoms with Crippen LogP contribution < -0.4 is 5.32 Å². The highest BCUT2D eigenvalue weighted by Gasteiger charge is 2.20. The lowest BCUT2D eigenvalue weighted by molar-refractivity contribution is -0.115. The van der Waals surface area contributed by atoms with E-state index in [4.69, 9.17) is 0 Å². The molecule has 0 fully saturated rings. The maximum absolute atomic E-state index is 13.0. The number of nitrogens with zero attached hydrogens (tertiary/aromatic N) is 5. The summed E-state index contributed by atoms with van der Waals surface area (Å²) in [6.45, 7) is 4.91. The third-order valence-corrected chi connectivity index (χ3v) is 6.91. The summed E-state index contributed by atoms with van der Waals surface area (Å²) in [4.78, 5) is 17.0. The number of carbonyl (C=O) groups excluding carboxylic acids is 1. The Labute approximate surface area is 195 Å². The molecule has 1 atom stereocenters. The molecule has 8 heteroatoms. The standard InChI is InChI=1S/C25H24N6OS/c1-4-31-21-8-6-5-7-19(21)20-15-18(9-10-22(20)31)27-24(32)16(2)33-25-29-28-23(30(25)3)17-11-13-26-14-12-17/h5-16H,4H2,1-3H3,(H,27,32). The Morgan fingerprint density at radius 2 is 1.79 bits per heavy atom. The van der Waals surface area contributed by atoms with Gasteiger partial charge in [-0.2, -0.15) is 0 Å². The Balaban J connectivity index is 1.36. The largest absolute Gasteiger partial charge is 0.341 e. The summed E-state index contributed by atoms with van der Waals surface area (Å²) in [6.07, 6.45) is 3.45. The fourth-order valence-corrected chi connectivity index (χ4v) is 4.91. The second-order valence-electron chi connectivity index (χ2n) is 7.84. The lowest BCUT2D eigenvalue weighted by Crippen LogP contribution is -2.22. The van der Waals surface area contributed by atoms with Crippen molar-refractivity contribution in [3.63, 3.8) is 0 Å². The zero-order chi connectivity index (χ0) is 22.9. The van der Waals surface area contributed by atoms with Crippen LogP contribution in [-0.2, 0) is 18.4 Å². The van der Waals surface area contributed by atoms with Crippen LogP contribution in [0.5, 0.6) is 0 Å². The van der Waals surface area contributed by atoms with Crippen molar-refractivity contribution in [3.05, 3.63) is 67.0 Å². The van der Waals surface area contributed by atoms with Crippen molar-refractivity contribution in [2.24, 2.45) is 7.05 Å². The normalized spacial score (nSPS) is 12.3. The van der Waals surface area contributed by atoms with Crippen molar-refractivity contribution >= 4 is 45.2 Å². The van der Waals surface area contributed by atoms with Crippen LogP contribution in [0.15, 0.2) is 72.1 Å². The van der Waals surface area contributed by atoms with Crippen molar-refractivity contribution < 1.29 is 4.79 Å². The summed E-state index contributed by atoms with van der Waals surface area (Å²) in [5, 5.41) is 14.3. The molecule has 1 amide bonds.